The summed E-state index contributed by atoms with van der Waals surface area (Å²) in [6.45, 7) is 5.89. The molecule has 114 valence electrons. The van der Waals surface area contributed by atoms with Gasteiger partial charge in [0.2, 0.25) is 0 Å². The second-order valence-corrected chi connectivity index (χ2v) is 6.14. The van der Waals surface area contributed by atoms with E-state index >= 15 is 0 Å². The normalized spacial score (nSPS) is 12.2. The molecule has 6 nitrogen and oxygen atoms in total. The first kappa shape index (κ1) is 16.8. The zero-order valence-electron chi connectivity index (χ0n) is 12.4. The molecule has 0 aliphatic rings. The van der Waals surface area contributed by atoms with Gasteiger partial charge < -0.3 is 15.4 Å². The summed E-state index contributed by atoms with van der Waals surface area (Å²) < 4.78 is 16.5. The maximum Gasteiger partial charge on any atom is 0.158 e. The van der Waals surface area contributed by atoms with Crippen molar-refractivity contribution in [2.45, 2.75) is 26.9 Å². The molecule has 2 N–H and O–H groups in total. The van der Waals surface area contributed by atoms with Crippen molar-refractivity contribution < 1.29 is 8.95 Å². The highest BCUT2D eigenvalue weighted by Crippen LogP contribution is 2.12. The first-order chi connectivity index (χ1) is 9.69. The number of rotatable bonds is 10. The van der Waals surface area contributed by atoms with Gasteiger partial charge in [0.1, 0.15) is 18.2 Å². The number of hydrogen-bond acceptors (Lipinski definition) is 6. The van der Waals surface area contributed by atoms with Crippen LogP contribution in [-0.4, -0.2) is 45.9 Å². The average molecular weight is 300 g/mol. The molecule has 0 aliphatic carbocycles. The van der Waals surface area contributed by atoms with Crippen molar-refractivity contribution in [2.24, 2.45) is 0 Å². The monoisotopic (exact) mass is 300 g/mol. The summed E-state index contributed by atoms with van der Waals surface area (Å²) in [6.07, 6.45) is 1.03. The molecule has 0 amide bonds. The number of ether oxygens (including phenoxy) is 1. The number of nitrogens with zero attached hydrogens (tertiary/aromatic N) is 2. The number of methoxy groups -OCH3 is 1. The van der Waals surface area contributed by atoms with Gasteiger partial charge >= 0.3 is 0 Å². The molecule has 1 aromatic rings. The van der Waals surface area contributed by atoms with Crippen LogP contribution in [0.4, 0.5) is 11.6 Å². The van der Waals surface area contributed by atoms with Gasteiger partial charge in [-0.05, 0) is 6.42 Å². The van der Waals surface area contributed by atoms with Gasteiger partial charge in [-0.25, -0.2) is 9.97 Å². The Hall–Kier alpha value is -1.21. The lowest BCUT2D eigenvalue weighted by Gasteiger charge is -2.10. The summed E-state index contributed by atoms with van der Waals surface area (Å²) in [5.41, 5.74) is 0. The molecule has 0 fully saturated rings. The number of nitrogens with one attached hydrogen (secondary N) is 2. The molecule has 0 radical (unpaired) electrons. The van der Waals surface area contributed by atoms with Crippen LogP contribution in [0.5, 0.6) is 0 Å². The Morgan fingerprint density at radius 3 is 2.40 bits per heavy atom. The zero-order valence-corrected chi connectivity index (χ0v) is 13.3. The molecule has 1 atom stereocenters. The van der Waals surface area contributed by atoms with E-state index in [1.807, 2.05) is 13.0 Å². The van der Waals surface area contributed by atoms with Crippen LogP contribution in [0.1, 0.15) is 26.1 Å². The van der Waals surface area contributed by atoms with Crippen LogP contribution in [0.25, 0.3) is 0 Å². The van der Waals surface area contributed by atoms with Crippen molar-refractivity contribution in [2.75, 3.05) is 42.3 Å². The molecule has 1 rings (SSSR count). The smallest absolute Gasteiger partial charge is 0.158 e. The second-order valence-electron chi connectivity index (χ2n) is 4.27. The van der Waals surface area contributed by atoms with Crippen molar-refractivity contribution in [3.63, 3.8) is 0 Å². The lowest BCUT2D eigenvalue weighted by Crippen LogP contribution is -2.14. The largest absolute Gasteiger partial charge is 0.377 e. The van der Waals surface area contributed by atoms with Crippen LogP contribution in [-0.2, 0) is 22.1 Å². The third kappa shape index (κ3) is 6.29. The fourth-order valence-electron chi connectivity index (χ4n) is 1.56. The highest BCUT2D eigenvalue weighted by Gasteiger charge is 2.05. The molecule has 0 aliphatic heterocycles. The molecule has 1 heterocycles. The third-order valence-electron chi connectivity index (χ3n) is 2.56. The highest BCUT2D eigenvalue weighted by molar-refractivity contribution is 7.84. The molecule has 0 aromatic carbocycles. The fourth-order valence-corrected chi connectivity index (χ4v) is 2.18. The molecule has 0 bridgehead atoms. The summed E-state index contributed by atoms with van der Waals surface area (Å²) in [5, 5.41) is 6.42. The van der Waals surface area contributed by atoms with Crippen LogP contribution in [0.15, 0.2) is 6.07 Å². The Bertz CT molecular complexity index is 429. The van der Waals surface area contributed by atoms with Gasteiger partial charge in [-0.15, -0.1) is 0 Å². The molecule has 1 unspecified atom stereocenters. The van der Waals surface area contributed by atoms with Gasteiger partial charge in [-0.3, -0.25) is 4.21 Å². The van der Waals surface area contributed by atoms with Crippen LogP contribution < -0.4 is 10.6 Å². The van der Waals surface area contributed by atoms with E-state index in [1.54, 1.807) is 7.11 Å². The van der Waals surface area contributed by atoms with Crippen molar-refractivity contribution in [3.8, 4) is 0 Å². The van der Waals surface area contributed by atoms with E-state index in [0.717, 1.165) is 24.6 Å². The Kier molecular flexibility index (Phi) is 8.13. The van der Waals surface area contributed by atoms with Crippen LogP contribution in [0.2, 0.25) is 0 Å². The lowest BCUT2D eigenvalue weighted by atomic mass is 10.4. The van der Waals surface area contributed by atoms with Crippen molar-refractivity contribution in [1.82, 2.24) is 9.97 Å². The summed E-state index contributed by atoms with van der Waals surface area (Å²) in [4.78, 5) is 8.74. The van der Waals surface area contributed by atoms with E-state index < -0.39 is 10.8 Å². The first-order valence-corrected chi connectivity index (χ1v) is 8.38. The Morgan fingerprint density at radius 2 is 1.85 bits per heavy atom. The molecule has 7 heteroatoms. The first-order valence-electron chi connectivity index (χ1n) is 6.89. The van der Waals surface area contributed by atoms with Gasteiger partial charge in [0.05, 0.1) is 0 Å². The molecule has 0 saturated heterocycles. The van der Waals surface area contributed by atoms with E-state index in [1.165, 1.54) is 0 Å². The molecule has 0 saturated carbocycles. The van der Waals surface area contributed by atoms with E-state index in [9.17, 15) is 4.21 Å². The molecular weight excluding hydrogens is 276 g/mol. The van der Waals surface area contributed by atoms with Crippen LogP contribution in [0, 0.1) is 0 Å². The van der Waals surface area contributed by atoms with Gasteiger partial charge in [0.15, 0.2) is 5.82 Å². The Balaban J connectivity index is 2.66. The lowest BCUT2D eigenvalue weighted by molar-refractivity contribution is 0.178. The maximum absolute atomic E-state index is 11.4. The minimum absolute atomic E-state index is 0.372. The van der Waals surface area contributed by atoms with Crippen molar-refractivity contribution in [1.29, 1.82) is 0 Å². The summed E-state index contributed by atoms with van der Waals surface area (Å²) in [6, 6.07) is 1.86. The minimum atomic E-state index is -0.766. The van der Waals surface area contributed by atoms with E-state index in [-0.39, 0.29) is 0 Å². The number of hydrogen-bond donors (Lipinski definition) is 2. The van der Waals surface area contributed by atoms with Crippen LogP contribution >= 0.6 is 0 Å². The van der Waals surface area contributed by atoms with Gasteiger partial charge in [-0.2, -0.15) is 0 Å². The molecule has 1 aromatic heterocycles. The zero-order chi connectivity index (χ0) is 14.8. The standard InChI is InChI=1S/C13H24N4O2S/c1-4-6-14-11-9-12(15-7-8-20(18)5-2)17-13(16-11)10-19-3/h9H,4-8,10H2,1-3H3,(H2,14,15,16,17). The number of anilines is 2. The quantitative estimate of drug-likeness (QED) is 0.684. The van der Waals surface area contributed by atoms with Gasteiger partial charge in [0, 0.05) is 48.6 Å². The number of aromatic nitrogens is 2. The maximum atomic E-state index is 11.4. The average Bonchev–Trinajstić information content (AvgIpc) is 2.45. The van der Waals surface area contributed by atoms with E-state index in [4.69, 9.17) is 4.74 Å². The van der Waals surface area contributed by atoms with E-state index in [0.29, 0.717) is 30.5 Å². The summed E-state index contributed by atoms with van der Waals surface area (Å²) in [5.74, 6) is 3.46. The Labute approximate surface area is 123 Å². The van der Waals surface area contributed by atoms with Crippen molar-refractivity contribution in [3.05, 3.63) is 11.9 Å². The summed E-state index contributed by atoms with van der Waals surface area (Å²) in [7, 11) is 0.852. The SMILES string of the molecule is CCCNc1cc(NCCS(=O)CC)nc(COC)n1. The third-order valence-corrected chi connectivity index (χ3v) is 3.86. The molecule has 20 heavy (non-hydrogen) atoms. The van der Waals surface area contributed by atoms with Crippen molar-refractivity contribution >= 4 is 22.4 Å². The second kappa shape index (κ2) is 9.66. The predicted molar refractivity (Wildman–Crippen MR) is 83.6 cm³/mol. The van der Waals surface area contributed by atoms with Gasteiger partial charge in [0.25, 0.3) is 0 Å². The molecular formula is C13H24N4O2S. The summed E-state index contributed by atoms with van der Waals surface area (Å²) >= 11 is 0. The van der Waals surface area contributed by atoms with E-state index in [2.05, 4.69) is 27.5 Å². The Morgan fingerprint density at radius 1 is 1.20 bits per heavy atom. The van der Waals surface area contributed by atoms with Crippen LogP contribution in [0.3, 0.4) is 0 Å². The fraction of sp³-hybridized carbons (Fsp3) is 0.692. The minimum Gasteiger partial charge on any atom is -0.377 e. The predicted octanol–water partition coefficient (Wildman–Crippen LogP) is 1.63. The molecule has 0 spiro atoms. The highest BCUT2D eigenvalue weighted by atomic mass is 32.2. The van der Waals surface area contributed by atoms with Gasteiger partial charge in [-0.1, -0.05) is 13.8 Å². The topological polar surface area (TPSA) is 76.1 Å².